The summed E-state index contributed by atoms with van der Waals surface area (Å²) in [5, 5.41) is 0. The Hall–Kier alpha value is -0.383. The van der Waals surface area contributed by atoms with Crippen molar-refractivity contribution in [3.05, 3.63) is 23.3 Å². The standard InChI is InChI=1S/C20H36O2Si/c1-3-21-23(22-4-2)17-20(18-13-9-5-6-10-14-18)19-15-11-7-8-12-16-19/h13,15,20,23H,3-12,14,16-17H2,1-2H3. The van der Waals surface area contributed by atoms with E-state index in [-0.39, 0.29) is 0 Å². The van der Waals surface area contributed by atoms with E-state index in [1.807, 2.05) is 0 Å². The monoisotopic (exact) mass is 336 g/mol. The summed E-state index contributed by atoms with van der Waals surface area (Å²) < 4.78 is 12.0. The normalized spacial score (nSPS) is 20.2. The molecule has 2 rings (SSSR count). The first kappa shape index (κ1) is 18.9. The average Bonchev–Trinajstić information content (AvgIpc) is 2.98. The van der Waals surface area contributed by atoms with E-state index in [0.717, 1.165) is 19.3 Å². The Balaban J connectivity index is 2.15. The first-order valence-corrected chi connectivity index (χ1v) is 11.7. The number of hydrogen-bond donors (Lipinski definition) is 0. The smallest absolute Gasteiger partial charge is 0.322 e. The highest BCUT2D eigenvalue weighted by Gasteiger charge is 2.26. The van der Waals surface area contributed by atoms with E-state index < -0.39 is 9.28 Å². The third-order valence-electron chi connectivity index (χ3n) is 5.18. The van der Waals surface area contributed by atoms with E-state index in [0.29, 0.717) is 5.92 Å². The largest absolute Gasteiger partial charge is 0.397 e. The molecule has 2 nitrogen and oxygen atoms in total. The molecule has 2 aliphatic carbocycles. The first-order valence-electron chi connectivity index (χ1n) is 9.96. The van der Waals surface area contributed by atoms with Crippen molar-refractivity contribution in [2.75, 3.05) is 13.2 Å². The van der Waals surface area contributed by atoms with Gasteiger partial charge in [-0.25, -0.2) is 0 Å². The Morgan fingerprint density at radius 2 is 1.35 bits per heavy atom. The van der Waals surface area contributed by atoms with Gasteiger partial charge in [-0.05, 0) is 71.3 Å². The summed E-state index contributed by atoms with van der Waals surface area (Å²) in [6.45, 7) is 5.79. The third kappa shape index (κ3) is 6.56. The van der Waals surface area contributed by atoms with Crippen LogP contribution in [0.2, 0.25) is 6.04 Å². The van der Waals surface area contributed by atoms with Crippen LogP contribution >= 0.6 is 0 Å². The second kappa shape index (κ2) is 11.2. The van der Waals surface area contributed by atoms with Crippen LogP contribution < -0.4 is 0 Å². The number of allylic oxidation sites excluding steroid dienone is 4. The van der Waals surface area contributed by atoms with E-state index in [1.54, 1.807) is 11.1 Å². The lowest BCUT2D eigenvalue weighted by Gasteiger charge is -2.27. The molecule has 0 bridgehead atoms. The molecule has 0 aromatic heterocycles. The van der Waals surface area contributed by atoms with Gasteiger partial charge in [0.25, 0.3) is 0 Å². The zero-order valence-electron chi connectivity index (χ0n) is 15.3. The second-order valence-corrected chi connectivity index (χ2v) is 8.88. The molecular weight excluding hydrogens is 300 g/mol. The molecule has 23 heavy (non-hydrogen) atoms. The van der Waals surface area contributed by atoms with E-state index in [9.17, 15) is 0 Å². The summed E-state index contributed by atoms with van der Waals surface area (Å²) >= 11 is 0. The summed E-state index contributed by atoms with van der Waals surface area (Å²) in [5.41, 5.74) is 3.40. The molecule has 0 aliphatic heterocycles. The van der Waals surface area contributed by atoms with Crippen LogP contribution in [0.5, 0.6) is 0 Å². The molecule has 2 aliphatic rings. The van der Waals surface area contributed by atoms with Crippen molar-refractivity contribution in [2.45, 2.75) is 84.1 Å². The zero-order valence-corrected chi connectivity index (χ0v) is 16.5. The third-order valence-corrected chi connectivity index (χ3v) is 7.45. The molecule has 0 saturated heterocycles. The quantitative estimate of drug-likeness (QED) is 0.419. The van der Waals surface area contributed by atoms with Crippen LogP contribution in [0.15, 0.2) is 23.3 Å². The van der Waals surface area contributed by atoms with Crippen LogP contribution in [0.3, 0.4) is 0 Å². The molecule has 0 saturated carbocycles. The van der Waals surface area contributed by atoms with Crippen molar-refractivity contribution in [1.82, 2.24) is 0 Å². The maximum Gasteiger partial charge on any atom is 0.322 e. The van der Waals surface area contributed by atoms with Crippen molar-refractivity contribution in [1.29, 1.82) is 0 Å². The minimum absolute atomic E-state index is 0.612. The molecule has 0 amide bonds. The minimum Gasteiger partial charge on any atom is -0.397 e. The fourth-order valence-corrected chi connectivity index (χ4v) is 6.10. The molecule has 0 heterocycles. The molecule has 0 aromatic rings. The van der Waals surface area contributed by atoms with Crippen LogP contribution in [-0.4, -0.2) is 22.5 Å². The van der Waals surface area contributed by atoms with E-state index in [2.05, 4.69) is 26.0 Å². The lowest BCUT2D eigenvalue weighted by Crippen LogP contribution is -2.27. The van der Waals surface area contributed by atoms with Gasteiger partial charge in [-0.15, -0.1) is 0 Å². The fraction of sp³-hybridized carbons (Fsp3) is 0.800. The van der Waals surface area contributed by atoms with Gasteiger partial charge in [0, 0.05) is 19.1 Å². The van der Waals surface area contributed by atoms with Crippen LogP contribution in [-0.2, 0) is 8.85 Å². The second-order valence-electron chi connectivity index (χ2n) is 6.89. The van der Waals surface area contributed by atoms with Gasteiger partial charge in [0.15, 0.2) is 0 Å². The van der Waals surface area contributed by atoms with Gasteiger partial charge in [-0.3, -0.25) is 0 Å². The van der Waals surface area contributed by atoms with Crippen molar-refractivity contribution >= 4 is 9.28 Å². The summed E-state index contributed by atoms with van der Waals surface area (Å²) in [5.74, 6) is 0.612. The highest BCUT2D eigenvalue weighted by Crippen LogP contribution is 2.36. The maximum atomic E-state index is 6.02. The number of rotatable bonds is 8. The molecule has 0 fully saturated rings. The van der Waals surface area contributed by atoms with Gasteiger partial charge in [-0.2, -0.15) is 0 Å². The SMILES string of the molecule is CCO[SiH](CC(C1=CCCCCC1)C1=CCCCCC1)OCC. The molecule has 0 aromatic carbocycles. The molecule has 3 heteroatoms. The van der Waals surface area contributed by atoms with E-state index >= 15 is 0 Å². The van der Waals surface area contributed by atoms with Gasteiger partial charge in [-0.1, -0.05) is 36.1 Å². The maximum absolute atomic E-state index is 6.02. The Kier molecular flexibility index (Phi) is 9.24. The molecule has 0 unspecified atom stereocenters. The highest BCUT2D eigenvalue weighted by molar-refractivity contribution is 6.44. The predicted molar refractivity (Wildman–Crippen MR) is 101 cm³/mol. The average molecular weight is 337 g/mol. The van der Waals surface area contributed by atoms with Crippen LogP contribution in [0, 0.1) is 5.92 Å². The van der Waals surface area contributed by atoms with Crippen LogP contribution in [0.1, 0.15) is 78.1 Å². The summed E-state index contributed by atoms with van der Waals surface area (Å²) in [7, 11) is -1.54. The topological polar surface area (TPSA) is 18.5 Å². The van der Waals surface area contributed by atoms with Gasteiger partial charge in [0.05, 0.1) is 0 Å². The molecule has 0 radical (unpaired) electrons. The summed E-state index contributed by atoms with van der Waals surface area (Å²) in [6, 6.07) is 1.14. The van der Waals surface area contributed by atoms with Gasteiger partial charge >= 0.3 is 9.28 Å². The van der Waals surface area contributed by atoms with E-state index in [4.69, 9.17) is 8.85 Å². The lowest BCUT2D eigenvalue weighted by molar-refractivity contribution is 0.210. The van der Waals surface area contributed by atoms with Gasteiger partial charge < -0.3 is 8.85 Å². The van der Waals surface area contributed by atoms with Crippen LogP contribution in [0.4, 0.5) is 0 Å². The number of hydrogen-bond acceptors (Lipinski definition) is 2. The van der Waals surface area contributed by atoms with Gasteiger partial charge in [0.1, 0.15) is 0 Å². The predicted octanol–water partition coefficient (Wildman–Crippen LogP) is 5.68. The summed E-state index contributed by atoms with van der Waals surface area (Å²) in [4.78, 5) is 0. The van der Waals surface area contributed by atoms with E-state index in [1.165, 1.54) is 64.2 Å². The molecule has 132 valence electrons. The summed E-state index contributed by atoms with van der Waals surface area (Å²) in [6.07, 6.45) is 18.5. The molecular formula is C20H36O2Si. The van der Waals surface area contributed by atoms with Crippen molar-refractivity contribution in [3.8, 4) is 0 Å². The molecule has 0 atom stereocenters. The zero-order chi connectivity index (χ0) is 16.3. The molecule has 0 N–H and O–H groups in total. The van der Waals surface area contributed by atoms with Crippen molar-refractivity contribution in [2.24, 2.45) is 5.92 Å². The lowest BCUT2D eigenvalue weighted by atomic mass is 9.87. The molecule has 0 spiro atoms. The van der Waals surface area contributed by atoms with Crippen molar-refractivity contribution in [3.63, 3.8) is 0 Å². The Labute approximate surface area is 145 Å². The minimum atomic E-state index is -1.54. The van der Waals surface area contributed by atoms with Crippen LogP contribution in [0.25, 0.3) is 0 Å². The highest BCUT2D eigenvalue weighted by atomic mass is 28.3. The van der Waals surface area contributed by atoms with Gasteiger partial charge in [0.2, 0.25) is 0 Å². The first-order chi connectivity index (χ1) is 11.3. The Bertz CT molecular complexity index is 355. The van der Waals surface area contributed by atoms with Crippen molar-refractivity contribution < 1.29 is 8.85 Å². The fourth-order valence-electron chi connectivity index (χ4n) is 4.00. The Morgan fingerprint density at radius 1 is 0.826 bits per heavy atom. The Morgan fingerprint density at radius 3 is 1.83 bits per heavy atom.